The molecule has 1 aromatic rings. The second-order valence-electron chi connectivity index (χ2n) is 4.34. The molecular weight excluding hydrogens is 204 g/mol. The molecule has 4 heteroatoms. The molecule has 1 unspecified atom stereocenters. The Kier molecular flexibility index (Phi) is 1.96. The molecule has 0 amide bonds. The SMILES string of the molecule is N/C=C1\NC(C2(O)COC2)c2ccccc21. The van der Waals surface area contributed by atoms with E-state index in [0.717, 1.165) is 16.8 Å². The first-order valence-corrected chi connectivity index (χ1v) is 5.32. The van der Waals surface area contributed by atoms with Crippen LogP contribution in [0.1, 0.15) is 17.2 Å². The Morgan fingerprint density at radius 2 is 2.19 bits per heavy atom. The van der Waals surface area contributed by atoms with Gasteiger partial charge in [0.25, 0.3) is 0 Å². The molecule has 4 N–H and O–H groups in total. The van der Waals surface area contributed by atoms with Crippen molar-refractivity contribution >= 4 is 5.70 Å². The Hall–Kier alpha value is -1.52. The molecule has 4 nitrogen and oxygen atoms in total. The van der Waals surface area contributed by atoms with Gasteiger partial charge in [-0.05, 0) is 5.56 Å². The van der Waals surface area contributed by atoms with Gasteiger partial charge in [0.05, 0.1) is 25.0 Å². The van der Waals surface area contributed by atoms with Crippen LogP contribution < -0.4 is 11.1 Å². The molecule has 1 saturated heterocycles. The lowest BCUT2D eigenvalue weighted by atomic mass is 9.87. The Morgan fingerprint density at radius 1 is 1.44 bits per heavy atom. The number of nitrogens with one attached hydrogen (secondary N) is 1. The zero-order valence-electron chi connectivity index (χ0n) is 8.81. The second-order valence-corrected chi connectivity index (χ2v) is 4.34. The van der Waals surface area contributed by atoms with E-state index in [9.17, 15) is 5.11 Å². The summed E-state index contributed by atoms with van der Waals surface area (Å²) in [6.45, 7) is 0.744. The molecule has 1 fully saturated rings. The topological polar surface area (TPSA) is 67.5 Å². The third-order valence-corrected chi connectivity index (χ3v) is 3.27. The van der Waals surface area contributed by atoms with Gasteiger partial charge < -0.3 is 20.9 Å². The van der Waals surface area contributed by atoms with Crippen molar-refractivity contribution in [1.29, 1.82) is 0 Å². The zero-order valence-corrected chi connectivity index (χ0v) is 8.81. The van der Waals surface area contributed by atoms with Crippen molar-refractivity contribution in [2.24, 2.45) is 5.73 Å². The molecule has 3 rings (SSSR count). The minimum Gasteiger partial charge on any atom is -0.403 e. The minimum absolute atomic E-state index is 0.118. The van der Waals surface area contributed by atoms with Crippen LogP contribution in [0.3, 0.4) is 0 Å². The smallest absolute Gasteiger partial charge is 0.135 e. The number of fused-ring (bicyclic) bond motifs is 1. The van der Waals surface area contributed by atoms with E-state index in [1.54, 1.807) is 6.20 Å². The fraction of sp³-hybridized carbons (Fsp3) is 0.333. The van der Waals surface area contributed by atoms with Crippen molar-refractivity contribution in [3.63, 3.8) is 0 Å². The average Bonchev–Trinajstić information content (AvgIpc) is 2.65. The number of nitrogens with two attached hydrogens (primary N) is 1. The summed E-state index contributed by atoms with van der Waals surface area (Å²) >= 11 is 0. The molecular formula is C12H14N2O2. The summed E-state index contributed by atoms with van der Waals surface area (Å²) in [7, 11) is 0. The van der Waals surface area contributed by atoms with Gasteiger partial charge in [0.1, 0.15) is 5.60 Å². The van der Waals surface area contributed by atoms with Gasteiger partial charge in [-0.25, -0.2) is 0 Å². The quantitative estimate of drug-likeness (QED) is 0.636. The zero-order chi connectivity index (χ0) is 11.2. The first kappa shape index (κ1) is 9.69. The third kappa shape index (κ3) is 1.17. The molecule has 0 radical (unpaired) electrons. The van der Waals surface area contributed by atoms with Crippen LogP contribution >= 0.6 is 0 Å². The molecule has 0 aliphatic carbocycles. The largest absolute Gasteiger partial charge is 0.403 e. The van der Waals surface area contributed by atoms with Crippen LogP contribution in [0.4, 0.5) is 0 Å². The molecule has 1 aromatic carbocycles. The minimum atomic E-state index is -0.805. The standard InChI is InChI=1S/C12H14N2O2/c13-5-10-8-3-1-2-4-9(8)11(14-10)12(15)6-16-7-12/h1-5,11,14-15H,6-7,13H2/b10-5-. The second kappa shape index (κ2) is 3.23. The highest BCUT2D eigenvalue weighted by atomic mass is 16.5. The molecule has 0 bridgehead atoms. The Morgan fingerprint density at radius 3 is 2.81 bits per heavy atom. The summed E-state index contributed by atoms with van der Waals surface area (Å²) in [5.41, 5.74) is 7.80. The van der Waals surface area contributed by atoms with Gasteiger partial charge in [0.15, 0.2) is 0 Å². The Balaban J connectivity index is 2.06. The lowest BCUT2D eigenvalue weighted by Gasteiger charge is -2.41. The normalized spacial score (nSPS) is 28.3. The van der Waals surface area contributed by atoms with Crippen molar-refractivity contribution in [2.45, 2.75) is 11.6 Å². The van der Waals surface area contributed by atoms with Gasteiger partial charge in [0.2, 0.25) is 0 Å². The van der Waals surface area contributed by atoms with E-state index in [0.29, 0.717) is 13.2 Å². The molecule has 16 heavy (non-hydrogen) atoms. The van der Waals surface area contributed by atoms with Crippen LogP contribution in [-0.4, -0.2) is 23.9 Å². The third-order valence-electron chi connectivity index (χ3n) is 3.27. The van der Waals surface area contributed by atoms with E-state index < -0.39 is 5.60 Å². The van der Waals surface area contributed by atoms with Gasteiger partial charge in [-0.3, -0.25) is 0 Å². The van der Waals surface area contributed by atoms with Crippen LogP contribution in [0.25, 0.3) is 5.70 Å². The Bertz CT molecular complexity index is 452. The van der Waals surface area contributed by atoms with Crippen LogP contribution in [0.2, 0.25) is 0 Å². The number of aliphatic hydroxyl groups is 1. The number of rotatable bonds is 1. The summed E-state index contributed by atoms with van der Waals surface area (Å²) in [6.07, 6.45) is 1.54. The molecule has 2 heterocycles. The summed E-state index contributed by atoms with van der Waals surface area (Å²) in [4.78, 5) is 0. The van der Waals surface area contributed by atoms with E-state index in [1.807, 2.05) is 24.3 Å². The molecule has 84 valence electrons. The van der Waals surface area contributed by atoms with Crippen molar-refractivity contribution in [3.8, 4) is 0 Å². The highest BCUT2D eigenvalue weighted by Crippen LogP contribution is 2.41. The van der Waals surface area contributed by atoms with Crippen molar-refractivity contribution < 1.29 is 9.84 Å². The highest BCUT2D eigenvalue weighted by molar-refractivity contribution is 5.72. The molecule has 0 saturated carbocycles. The van der Waals surface area contributed by atoms with Crippen LogP contribution in [-0.2, 0) is 4.74 Å². The van der Waals surface area contributed by atoms with E-state index in [2.05, 4.69) is 5.32 Å². The van der Waals surface area contributed by atoms with Gasteiger partial charge in [0, 0.05) is 11.8 Å². The molecule has 0 spiro atoms. The van der Waals surface area contributed by atoms with E-state index >= 15 is 0 Å². The van der Waals surface area contributed by atoms with Gasteiger partial charge in [-0.15, -0.1) is 0 Å². The van der Waals surface area contributed by atoms with E-state index in [1.165, 1.54) is 0 Å². The molecule has 2 aliphatic rings. The summed E-state index contributed by atoms with van der Waals surface area (Å²) in [6, 6.07) is 7.83. The number of hydrogen-bond donors (Lipinski definition) is 3. The van der Waals surface area contributed by atoms with Crippen LogP contribution in [0.15, 0.2) is 30.5 Å². The van der Waals surface area contributed by atoms with Crippen LogP contribution in [0.5, 0.6) is 0 Å². The van der Waals surface area contributed by atoms with Gasteiger partial charge in [-0.2, -0.15) is 0 Å². The lowest BCUT2D eigenvalue weighted by molar-refractivity contribution is -0.193. The maximum absolute atomic E-state index is 10.3. The summed E-state index contributed by atoms with van der Waals surface area (Å²) < 4.78 is 5.09. The van der Waals surface area contributed by atoms with E-state index in [4.69, 9.17) is 10.5 Å². The maximum Gasteiger partial charge on any atom is 0.135 e. The molecule has 2 aliphatic heterocycles. The maximum atomic E-state index is 10.3. The van der Waals surface area contributed by atoms with Crippen molar-refractivity contribution in [1.82, 2.24) is 5.32 Å². The number of hydrogen-bond acceptors (Lipinski definition) is 4. The number of benzene rings is 1. The van der Waals surface area contributed by atoms with Gasteiger partial charge in [-0.1, -0.05) is 24.3 Å². The molecule has 0 aromatic heterocycles. The first-order valence-electron chi connectivity index (χ1n) is 5.32. The average molecular weight is 218 g/mol. The van der Waals surface area contributed by atoms with E-state index in [-0.39, 0.29) is 6.04 Å². The van der Waals surface area contributed by atoms with Crippen molar-refractivity contribution in [3.05, 3.63) is 41.6 Å². The fourth-order valence-electron chi connectivity index (χ4n) is 2.34. The summed E-state index contributed by atoms with van der Waals surface area (Å²) in [5.74, 6) is 0. The van der Waals surface area contributed by atoms with Crippen LogP contribution in [0, 0.1) is 0 Å². The lowest BCUT2D eigenvalue weighted by Crippen LogP contribution is -2.56. The highest BCUT2D eigenvalue weighted by Gasteiger charge is 2.48. The van der Waals surface area contributed by atoms with Crippen molar-refractivity contribution in [2.75, 3.05) is 13.2 Å². The fourth-order valence-corrected chi connectivity index (χ4v) is 2.34. The predicted octanol–water partition coefficient (Wildman–Crippen LogP) is 0.349. The van der Waals surface area contributed by atoms with Gasteiger partial charge >= 0.3 is 0 Å². The molecule has 1 atom stereocenters. The monoisotopic (exact) mass is 218 g/mol. The predicted molar refractivity (Wildman–Crippen MR) is 60.3 cm³/mol. The first-order chi connectivity index (χ1) is 7.74. The summed E-state index contributed by atoms with van der Waals surface area (Å²) in [5, 5.41) is 13.6. The number of ether oxygens (including phenoxy) is 1. The Labute approximate surface area is 93.7 Å².